The summed E-state index contributed by atoms with van der Waals surface area (Å²) in [6.07, 6.45) is -4.25. The van der Waals surface area contributed by atoms with Crippen molar-refractivity contribution in [3.05, 3.63) is 0 Å². The Labute approximate surface area is 84.7 Å². The van der Waals surface area contributed by atoms with Crippen LogP contribution in [0.25, 0.3) is 0 Å². The van der Waals surface area contributed by atoms with Gasteiger partial charge in [0.1, 0.15) is 0 Å². The van der Waals surface area contributed by atoms with Crippen LogP contribution in [0.4, 0.5) is 9.59 Å². The van der Waals surface area contributed by atoms with Gasteiger partial charge in [0, 0.05) is 0 Å². The summed E-state index contributed by atoms with van der Waals surface area (Å²) in [6, 6.07) is 0. The van der Waals surface area contributed by atoms with E-state index in [4.69, 9.17) is 19.8 Å². The minimum absolute atomic E-state index is 0. The van der Waals surface area contributed by atoms with Gasteiger partial charge in [-0.1, -0.05) is 0 Å². The second kappa shape index (κ2) is 5.45. The van der Waals surface area contributed by atoms with Crippen molar-refractivity contribution in [2.24, 2.45) is 0 Å². The van der Waals surface area contributed by atoms with Gasteiger partial charge in [0.25, 0.3) is 12.3 Å². The molecule has 0 aromatic rings. The summed E-state index contributed by atoms with van der Waals surface area (Å²) in [7, 11) is 0. The Hall–Kier alpha value is 0.311. The molecule has 6 heteroatoms. The molecule has 0 unspecified atom stereocenters. The van der Waals surface area contributed by atoms with Crippen LogP contribution in [0.3, 0.4) is 0 Å². The molecular weight excluding hydrogens is 241 g/mol. The van der Waals surface area contributed by atoms with Crippen molar-refractivity contribution >= 4 is 61.2 Å². The Balaban J connectivity index is 0. The molecule has 0 bridgehead atoms. The molecule has 0 aliphatic rings. The van der Waals surface area contributed by atoms with E-state index in [0.29, 0.717) is 0 Å². The zero-order valence-corrected chi connectivity index (χ0v) is 8.19. The van der Waals surface area contributed by atoms with Gasteiger partial charge in [-0.3, -0.25) is 0 Å². The summed E-state index contributed by atoms with van der Waals surface area (Å²) in [5, 5.41) is 18.1. The van der Waals surface area contributed by atoms with Gasteiger partial charge >= 0.3 is 48.9 Å². The predicted octanol–water partition coefficient (Wildman–Crippen LogP) is -2.69. The van der Waals surface area contributed by atoms with Gasteiger partial charge in [-0.15, -0.1) is 0 Å². The third kappa shape index (κ3) is 9.58. The van der Waals surface area contributed by atoms with E-state index in [1.807, 2.05) is 0 Å². The summed E-state index contributed by atoms with van der Waals surface area (Å²) in [6.45, 7) is 0. The van der Waals surface area contributed by atoms with E-state index in [1.54, 1.807) is 0 Å². The van der Waals surface area contributed by atoms with Crippen LogP contribution in [0, 0.1) is 0 Å². The minimum atomic E-state index is -2.12. The topological polar surface area (TPSA) is 89.5 Å². The fourth-order valence-corrected chi connectivity index (χ4v) is 0.0680. The largest absolute Gasteiger partial charge is 2.00 e. The summed E-state index contributed by atoms with van der Waals surface area (Å²) < 4.78 is 2.86. The number of carbonyl (C=O) groups excluding carboxylic acids is 2. The molecule has 0 heterocycles. The van der Waals surface area contributed by atoms with Crippen LogP contribution in [-0.4, -0.2) is 61.2 Å². The molecule has 0 aliphatic heterocycles. The van der Waals surface area contributed by atoms with Gasteiger partial charge in [-0.2, -0.15) is 0 Å². The van der Waals surface area contributed by atoms with Crippen molar-refractivity contribution in [1.29, 1.82) is 0 Å². The van der Waals surface area contributed by atoms with Crippen LogP contribution in [0.15, 0.2) is 0 Å². The van der Waals surface area contributed by atoms with Crippen molar-refractivity contribution in [2.45, 2.75) is 0 Å². The van der Waals surface area contributed by atoms with Gasteiger partial charge in [-0.25, -0.2) is 0 Å². The van der Waals surface area contributed by atoms with Crippen LogP contribution < -0.4 is 10.2 Å². The molecule has 0 amide bonds. The maximum absolute atomic E-state index is 9.06. The molecule has 5 nitrogen and oxygen atoms in total. The van der Waals surface area contributed by atoms with E-state index in [9.17, 15) is 0 Å². The molecule has 8 heavy (non-hydrogen) atoms. The molecule has 0 aromatic carbocycles. The first-order valence-electron chi connectivity index (χ1n) is 1.22. The predicted molar refractivity (Wildman–Crippen MR) is 17.6 cm³/mol. The van der Waals surface area contributed by atoms with Crippen LogP contribution in [0.5, 0.6) is 0 Å². The standard InChI is InChI=1S/C2H2O5.Ba/c3-1(4)7-2(5)6;/h(H,3,4)(H,5,6);/q;+2/p-2. The first-order valence-corrected chi connectivity index (χ1v) is 1.22. The Morgan fingerprint density at radius 3 is 1.38 bits per heavy atom. The van der Waals surface area contributed by atoms with Crippen LogP contribution in [-0.2, 0) is 4.74 Å². The van der Waals surface area contributed by atoms with E-state index in [-0.39, 0.29) is 48.9 Å². The molecular formula is C2BaO5. The Morgan fingerprint density at radius 2 is 1.38 bits per heavy atom. The number of carboxylic acid groups (broad SMARTS) is 2. The zero-order valence-electron chi connectivity index (χ0n) is 3.75. The van der Waals surface area contributed by atoms with Gasteiger partial charge < -0.3 is 24.5 Å². The molecule has 0 radical (unpaired) electrons. The fraction of sp³-hybridized carbons (Fsp3) is 0. The van der Waals surface area contributed by atoms with Crippen LogP contribution in [0.1, 0.15) is 0 Å². The number of hydrogen-bond donors (Lipinski definition) is 0. The van der Waals surface area contributed by atoms with Gasteiger partial charge in [0.15, 0.2) is 0 Å². The first kappa shape index (κ1) is 11.2. The van der Waals surface area contributed by atoms with Crippen molar-refractivity contribution < 1.29 is 24.5 Å². The molecule has 0 spiro atoms. The Bertz CT molecular complexity index is 86.6. The third-order valence-electron chi connectivity index (χ3n) is 0.167. The van der Waals surface area contributed by atoms with E-state index in [2.05, 4.69) is 4.74 Å². The molecule has 0 N–H and O–H groups in total. The maximum atomic E-state index is 9.06. The molecule has 0 saturated carbocycles. The molecule has 0 atom stereocenters. The number of carbonyl (C=O) groups is 2. The minimum Gasteiger partial charge on any atom is -0.483 e. The quantitative estimate of drug-likeness (QED) is 0.262. The van der Waals surface area contributed by atoms with Crippen molar-refractivity contribution in [1.82, 2.24) is 0 Å². The Kier molecular flexibility index (Phi) is 7.60. The number of rotatable bonds is 0. The SMILES string of the molecule is O=C([O-])OC(=O)[O-].[Ba+2]. The molecule has 0 aliphatic carbocycles. The average molecular weight is 241 g/mol. The number of hydrogen-bond acceptors (Lipinski definition) is 5. The number of ether oxygens (including phenoxy) is 1. The van der Waals surface area contributed by atoms with Crippen molar-refractivity contribution in [3.63, 3.8) is 0 Å². The van der Waals surface area contributed by atoms with Crippen molar-refractivity contribution in [3.8, 4) is 0 Å². The smallest absolute Gasteiger partial charge is 0.483 e. The monoisotopic (exact) mass is 242 g/mol. The summed E-state index contributed by atoms with van der Waals surface area (Å²) >= 11 is 0. The van der Waals surface area contributed by atoms with Crippen LogP contribution >= 0.6 is 0 Å². The molecule has 0 fully saturated rings. The molecule has 0 saturated heterocycles. The molecule has 0 aromatic heterocycles. The van der Waals surface area contributed by atoms with Crippen LogP contribution in [0.2, 0.25) is 0 Å². The third-order valence-corrected chi connectivity index (χ3v) is 0.167. The second-order valence-electron chi connectivity index (χ2n) is 0.602. The fourth-order valence-electron chi connectivity index (χ4n) is 0.0680. The van der Waals surface area contributed by atoms with E-state index >= 15 is 0 Å². The zero-order chi connectivity index (χ0) is 5.86. The normalized spacial score (nSPS) is 6.50. The van der Waals surface area contributed by atoms with Gasteiger partial charge in [0.05, 0.1) is 0 Å². The van der Waals surface area contributed by atoms with Gasteiger partial charge in [0.2, 0.25) is 0 Å². The van der Waals surface area contributed by atoms with Crippen molar-refractivity contribution in [2.75, 3.05) is 0 Å². The second-order valence-corrected chi connectivity index (χ2v) is 0.602. The Morgan fingerprint density at radius 1 is 1.12 bits per heavy atom. The van der Waals surface area contributed by atoms with E-state index < -0.39 is 12.3 Å². The summed E-state index contributed by atoms with van der Waals surface area (Å²) in [5.41, 5.74) is 0. The molecule has 0 rings (SSSR count). The summed E-state index contributed by atoms with van der Waals surface area (Å²) in [4.78, 5) is 18.1. The van der Waals surface area contributed by atoms with E-state index in [1.165, 1.54) is 0 Å². The summed E-state index contributed by atoms with van der Waals surface area (Å²) in [5.74, 6) is 0. The van der Waals surface area contributed by atoms with Gasteiger partial charge in [-0.05, 0) is 0 Å². The van der Waals surface area contributed by atoms with E-state index in [0.717, 1.165) is 0 Å². The molecule has 40 valence electrons. The first-order chi connectivity index (χ1) is 3.13. The maximum Gasteiger partial charge on any atom is 2.00 e. The average Bonchev–Trinajstić information content (AvgIpc) is 1.27.